The van der Waals surface area contributed by atoms with Crippen LogP contribution < -0.4 is 21.7 Å². The zero-order chi connectivity index (χ0) is 36.1. The molecule has 4 rings (SSSR count). The molecule has 1 aromatic rings. The number of ether oxygens (including phenoxy) is 1. The van der Waals surface area contributed by atoms with Gasteiger partial charge in [0.15, 0.2) is 0 Å². The third kappa shape index (κ3) is 9.60. The van der Waals surface area contributed by atoms with E-state index < -0.39 is 64.6 Å². The Morgan fingerprint density at radius 2 is 1.59 bits per heavy atom. The molecule has 0 heterocycles. The minimum absolute atomic E-state index is 0.0762. The van der Waals surface area contributed by atoms with E-state index in [-0.39, 0.29) is 30.4 Å². The van der Waals surface area contributed by atoms with Crippen LogP contribution in [-0.4, -0.2) is 70.6 Å². The van der Waals surface area contributed by atoms with Crippen molar-refractivity contribution in [1.29, 1.82) is 0 Å². The van der Waals surface area contributed by atoms with Crippen molar-refractivity contribution >= 4 is 35.5 Å². The van der Waals surface area contributed by atoms with Crippen molar-refractivity contribution in [3.8, 4) is 0 Å². The molecule has 4 atom stereocenters. The highest BCUT2D eigenvalue weighted by Gasteiger charge is 2.56. The van der Waals surface area contributed by atoms with Gasteiger partial charge in [-0.05, 0) is 60.8 Å². The highest BCUT2D eigenvalue weighted by Crippen LogP contribution is 2.55. The van der Waals surface area contributed by atoms with Gasteiger partial charge in [0.2, 0.25) is 17.6 Å². The molecule has 0 aliphatic heterocycles. The summed E-state index contributed by atoms with van der Waals surface area (Å²) in [5, 5.41) is 8.54. The van der Waals surface area contributed by atoms with Crippen LogP contribution in [0, 0.1) is 22.7 Å². The minimum Gasteiger partial charge on any atom is -0.459 e. The standard InChI is InChI=1S/C37H55N5O7/c1-7-42(27(25-21-36(25,5)6)31(45)39-26(20-23-16-17-23)28(43)30(38)44)32(46)29(35(2,3)4)40-34(48)41-37(18-12-9-13-19-37)33(47)49-22-24-14-10-8-11-15-24/h8,10-11,14-15,23,25-27,29H,7,9,12-13,16-22H2,1-6H3,(H2,38,44)(H,39,45)(H2,40,41,48)/t25-,26?,27-,29+/m0/s1. The summed E-state index contributed by atoms with van der Waals surface area (Å²) in [6, 6.07) is 5.57. The second kappa shape index (κ2) is 15.3. The Morgan fingerprint density at radius 1 is 0.980 bits per heavy atom. The average Bonchev–Trinajstić information content (AvgIpc) is 3.97. The van der Waals surface area contributed by atoms with Crippen LogP contribution in [-0.2, 0) is 35.3 Å². The number of nitrogens with one attached hydrogen (secondary N) is 3. The van der Waals surface area contributed by atoms with E-state index in [0.717, 1.165) is 37.7 Å². The number of hydrogen-bond acceptors (Lipinski definition) is 7. The van der Waals surface area contributed by atoms with Gasteiger partial charge in [-0.2, -0.15) is 0 Å². The smallest absolute Gasteiger partial charge is 0.332 e. The van der Waals surface area contributed by atoms with Gasteiger partial charge in [-0.1, -0.05) is 97.1 Å². The maximum absolute atomic E-state index is 14.5. The van der Waals surface area contributed by atoms with E-state index in [1.165, 1.54) is 4.90 Å². The number of carbonyl (C=O) groups is 6. The molecule has 49 heavy (non-hydrogen) atoms. The molecule has 3 saturated carbocycles. The number of hydrogen-bond donors (Lipinski definition) is 4. The fourth-order valence-corrected chi connectivity index (χ4v) is 7.02. The van der Waals surface area contributed by atoms with Gasteiger partial charge >= 0.3 is 12.0 Å². The lowest BCUT2D eigenvalue weighted by molar-refractivity contribution is -0.154. The van der Waals surface area contributed by atoms with E-state index in [4.69, 9.17) is 10.5 Å². The van der Waals surface area contributed by atoms with Gasteiger partial charge in [0.05, 0.1) is 6.04 Å². The van der Waals surface area contributed by atoms with Gasteiger partial charge in [-0.15, -0.1) is 0 Å². The van der Waals surface area contributed by atoms with Crippen LogP contribution in [0.1, 0.15) is 105 Å². The summed E-state index contributed by atoms with van der Waals surface area (Å²) >= 11 is 0. The lowest BCUT2D eigenvalue weighted by Crippen LogP contribution is -2.64. The van der Waals surface area contributed by atoms with Crippen LogP contribution in [0.5, 0.6) is 0 Å². The Hall–Kier alpha value is -3.96. The minimum atomic E-state index is -1.24. The first kappa shape index (κ1) is 37.9. The number of rotatable bonds is 15. The molecule has 0 saturated heterocycles. The van der Waals surface area contributed by atoms with Crippen molar-refractivity contribution in [3.05, 3.63) is 35.9 Å². The van der Waals surface area contributed by atoms with E-state index in [1.54, 1.807) is 6.92 Å². The van der Waals surface area contributed by atoms with E-state index in [2.05, 4.69) is 16.0 Å². The first-order chi connectivity index (χ1) is 23.0. The SMILES string of the molecule is CCN(C(=O)[C@@H](NC(=O)NC1(C(=O)OCc2ccccc2)CCCCC1)C(C)(C)C)[C@H](C(=O)NC(CC1CC1)C(=O)C(N)=O)[C@@H]1CC1(C)C. The van der Waals surface area contributed by atoms with Crippen molar-refractivity contribution in [2.24, 2.45) is 28.4 Å². The number of amides is 5. The molecule has 270 valence electrons. The molecular formula is C37H55N5O7. The molecule has 3 fully saturated rings. The Morgan fingerprint density at radius 3 is 2.10 bits per heavy atom. The lowest BCUT2D eigenvalue weighted by Gasteiger charge is -2.40. The van der Waals surface area contributed by atoms with Crippen LogP contribution in [0.25, 0.3) is 0 Å². The van der Waals surface area contributed by atoms with Gasteiger partial charge in [-0.3, -0.25) is 19.2 Å². The first-order valence-electron chi connectivity index (χ1n) is 17.7. The van der Waals surface area contributed by atoms with Gasteiger partial charge < -0.3 is 31.3 Å². The summed E-state index contributed by atoms with van der Waals surface area (Å²) in [5.74, 6) is -3.44. The van der Waals surface area contributed by atoms with Crippen LogP contribution >= 0.6 is 0 Å². The molecule has 1 aromatic carbocycles. The number of benzene rings is 1. The van der Waals surface area contributed by atoms with Crippen LogP contribution in [0.4, 0.5) is 4.79 Å². The molecule has 0 bridgehead atoms. The summed E-state index contributed by atoms with van der Waals surface area (Å²) < 4.78 is 5.69. The van der Waals surface area contributed by atoms with Gasteiger partial charge in [0.1, 0.15) is 24.2 Å². The fourth-order valence-electron chi connectivity index (χ4n) is 7.02. The number of ketones is 1. The third-order valence-electron chi connectivity index (χ3n) is 10.4. The summed E-state index contributed by atoms with van der Waals surface area (Å²) in [4.78, 5) is 81.8. The summed E-state index contributed by atoms with van der Waals surface area (Å²) in [6.45, 7) is 11.5. The predicted octanol–water partition coefficient (Wildman–Crippen LogP) is 3.75. The molecular weight excluding hydrogens is 626 g/mol. The van der Waals surface area contributed by atoms with Crippen LogP contribution in [0.3, 0.4) is 0 Å². The molecule has 5 N–H and O–H groups in total. The van der Waals surface area contributed by atoms with Gasteiger partial charge in [-0.25, -0.2) is 9.59 Å². The van der Waals surface area contributed by atoms with Gasteiger partial charge in [0.25, 0.3) is 5.91 Å². The van der Waals surface area contributed by atoms with E-state index in [0.29, 0.717) is 25.7 Å². The number of esters is 1. The molecule has 0 radical (unpaired) electrons. The van der Waals surface area contributed by atoms with Crippen molar-refractivity contribution in [3.63, 3.8) is 0 Å². The number of Topliss-reactive ketones (excluding diaryl/α,β-unsaturated/α-hetero) is 1. The van der Waals surface area contributed by atoms with Crippen LogP contribution in [0.2, 0.25) is 0 Å². The highest BCUT2D eigenvalue weighted by atomic mass is 16.5. The molecule has 5 amide bonds. The lowest BCUT2D eigenvalue weighted by atomic mass is 9.81. The first-order valence-corrected chi connectivity index (χ1v) is 17.7. The third-order valence-corrected chi connectivity index (χ3v) is 10.4. The molecule has 0 aromatic heterocycles. The van der Waals surface area contributed by atoms with E-state index in [9.17, 15) is 28.8 Å². The highest BCUT2D eigenvalue weighted by molar-refractivity contribution is 6.37. The number of nitrogens with zero attached hydrogens (tertiary/aromatic N) is 1. The largest absolute Gasteiger partial charge is 0.459 e. The van der Waals surface area contributed by atoms with Crippen molar-refractivity contribution in [2.45, 2.75) is 130 Å². The van der Waals surface area contributed by atoms with Crippen molar-refractivity contribution in [2.75, 3.05) is 6.54 Å². The van der Waals surface area contributed by atoms with Crippen molar-refractivity contribution in [1.82, 2.24) is 20.9 Å². The molecule has 3 aliphatic carbocycles. The van der Waals surface area contributed by atoms with Gasteiger partial charge in [0, 0.05) is 6.54 Å². The fraction of sp³-hybridized carbons (Fsp3) is 0.676. The number of carbonyl (C=O) groups excluding carboxylic acids is 6. The molecule has 12 heteroatoms. The predicted molar refractivity (Wildman–Crippen MR) is 184 cm³/mol. The zero-order valence-electron chi connectivity index (χ0n) is 29.9. The Kier molecular flexibility index (Phi) is 11.8. The van der Waals surface area contributed by atoms with E-state index in [1.807, 2.05) is 65.0 Å². The van der Waals surface area contributed by atoms with Crippen molar-refractivity contribution < 1.29 is 33.5 Å². The van der Waals surface area contributed by atoms with Crippen LogP contribution in [0.15, 0.2) is 30.3 Å². The van der Waals surface area contributed by atoms with E-state index >= 15 is 0 Å². The number of nitrogens with two attached hydrogens (primary N) is 1. The quantitative estimate of drug-likeness (QED) is 0.161. The average molecular weight is 682 g/mol. The monoisotopic (exact) mass is 681 g/mol. The molecule has 0 spiro atoms. The second-order valence-corrected chi connectivity index (χ2v) is 15.9. The maximum atomic E-state index is 14.5. The zero-order valence-corrected chi connectivity index (χ0v) is 29.9. The molecule has 3 aliphatic rings. The molecule has 1 unspecified atom stereocenters. The second-order valence-electron chi connectivity index (χ2n) is 15.9. The number of likely N-dealkylation sites (N-methyl/N-ethyl adjacent to an activating group) is 1. The summed E-state index contributed by atoms with van der Waals surface area (Å²) in [7, 11) is 0. The Bertz CT molecular complexity index is 1400. The topological polar surface area (TPSA) is 177 Å². The molecule has 12 nitrogen and oxygen atoms in total. The number of urea groups is 1. The Labute approximate surface area is 290 Å². The summed E-state index contributed by atoms with van der Waals surface area (Å²) in [6.07, 6.45) is 6.03. The maximum Gasteiger partial charge on any atom is 0.332 e. The summed E-state index contributed by atoms with van der Waals surface area (Å²) in [5.41, 5.74) is 3.89. The normalized spacial score (nSPS) is 21.2. The Balaban J connectivity index is 1.54. The number of primary amides is 1.